The first-order valence-electron chi connectivity index (χ1n) is 9.85. The van der Waals surface area contributed by atoms with E-state index in [0.29, 0.717) is 5.02 Å². The molecule has 4 aromatic rings. The summed E-state index contributed by atoms with van der Waals surface area (Å²) < 4.78 is 5.50. The number of methoxy groups -OCH3 is 1. The van der Waals surface area contributed by atoms with Crippen LogP contribution in [0, 0.1) is 0 Å². The molecule has 1 fully saturated rings. The van der Waals surface area contributed by atoms with Gasteiger partial charge in [0.25, 0.3) is 0 Å². The monoisotopic (exact) mass is 403 g/mol. The number of halogens is 1. The van der Waals surface area contributed by atoms with Crippen molar-refractivity contribution in [3.8, 4) is 5.75 Å². The number of piperazine rings is 1. The molecule has 29 heavy (non-hydrogen) atoms. The molecule has 3 aromatic carbocycles. The van der Waals surface area contributed by atoms with Gasteiger partial charge in [0.05, 0.1) is 23.8 Å². The van der Waals surface area contributed by atoms with Crippen molar-refractivity contribution in [3.63, 3.8) is 0 Å². The second-order valence-electron chi connectivity index (χ2n) is 7.31. The van der Waals surface area contributed by atoms with E-state index in [1.54, 1.807) is 7.11 Å². The molecule has 0 saturated carbocycles. The van der Waals surface area contributed by atoms with Gasteiger partial charge in [0, 0.05) is 47.7 Å². The Morgan fingerprint density at radius 1 is 0.793 bits per heavy atom. The fourth-order valence-electron chi connectivity index (χ4n) is 4.17. The van der Waals surface area contributed by atoms with Gasteiger partial charge in [-0.05, 0) is 48.5 Å². The summed E-state index contributed by atoms with van der Waals surface area (Å²) >= 11 is 6.26. The Kier molecular flexibility index (Phi) is 4.64. The van der Waals surface area contributed by atoms with E-state index in [-0.39, 0.29) is 0 Å². The maximum absolute atomic E-state index is 6.26. The minimum atomic E-state index is 0.706. The first-order valence-corrected chi connectivity index (χ1v) is 10.2. The Labute approximate surface area is 175 Å². The van der Waals surface area contributed by atoms with Crippen molar-refractivity contribution in [3.05, 3.63) is 71.8 Å². The quantitative estimate of drug-likeness (QED) is 0.429. The Morgan fingerprint density at radius 3 is 2.31 bits per heavy atom. The normalized spacial score (nSPS) is 14.6. The van der Waals surface area contributed by atoms with Gasteiger partial charge < -0.3 is 14.5 Å². The molecule has 0 atom stereocenters. The van der Waals surface area contributed by atoms with Gasteiger partial charge >= 0.3 is 0 Å². The van der Waals surface area contributed by atoms with Crippen molar-refractivity contribution in [2.24, 2.45) is 0 Å². The largest absolute Gasteiger partial charge is 0.497 e. The fourth-order valence-corrected chi connectivity index (χ4v) is 4.34. The summed E-state index contributed by atoms with van der Waals surface area (Å²) in [4.78, 5) is 9.77. The van der Waals surface area contributed by atoms with E-state index < -0.39 is 0 Å². The number of nitrogens with zero attached hydrogens (tertiary/aromatic N) is 3. The van der Waals surface area contributed by atoms with E-state index in [0.717, 1.165) is 53.7 Å². The van der Waals surface area contributed by atoms with Gasteiger partial charge in [-0.2, -0.15) is 0 Å². The third-order valence-corrected chi connectivity index (χ3v) is 5.87. The fraction of sp³-hybridized carbons (Fsp3) is 0.208. The summed E-state index contributed by atoms with van der Waals surface area (Å²) in [6.45, 7) is 3.85. The molecule has 0 spiro atoms. The van der Waals surface area contributed by atoms with Crippen LogP contribution in [0.3, 0.4) is 0 Å². The summed E-state index contributed by atoms with van der Waals surface area (Å²) in [5, 5.41) is 2.95. The van der Waals surface area contributed by atoms with E-state index in [1.165, 1.54) is 11.4 Å². The summed E-state index contributed by atoms with van der Waals surface area (Å²) in [6.07, 6.45) is 0. The number of fused-ring (bicyclic) bond motifs is 2. The molecule has 0 radical (unpaired) electrons. The van der Waals surface area contributed by atoms with Gasteiger partial charge in [-0.3, -0.25) is 0 Å². The first kappa shape index (κ1) is 18.1. The molecule has 0 aliphatic carbocycles. The molecule has 5 rings (SSSR count). The summed E-state index contributed by atoms with van der Waals surface area (Å²) in [5.74, 6) is 0.844. The molecule has 5 heteroatoms. The number of hydrogen-bond acceptors (Lipinski definition) is 4. The van der Waals surface area contributed by atoms with Gasteiger partial charge in [0.1, 0.15) is 5.75 Å². The molecule has 0 bridgehead atoms. The maximum Gasteiger partial charge on any atom is 0.119 e. The highest BCUT2D eigenvalue weighted by Gasteiger charge is 2.22. The standard InChI is InChI=1S/C24H22ClN3O/c1-29-19-8-10-22-21(16-19)24(20-9-7-17(25)15-23(20)26-22)28-13-11-27(12-14-28)18-5-3-2-4-6-18/h2-10,15-16H,11-14H2,1H3. The van der Waals surface area contributed by atoms with Crippen LogP contribution in [0.1, 0.15) is 0 Å². The van der Waals surface area contributed by atoms with Crippen LogP contribution < -0.4 is 14.5 Å². The van der Waals surface area contributed by atoms with Crippen molar-refractivity contribution >= 4 is 44.8 Å². The number of aromatic nitrogens is 1. The van der Waals surface area contributed by atoms with Crippen molar-refractivity contribution in [2.75, 3.05) is 43.1 Å². The second kappa shape index (κ2) is 7.45. The summed E-state index contributed by atoms with van der Waals surface area (Å²) in [7, 11) is 1.70. The SMILES string of the molecule is COc1ccc2nc3cc(Cl)ccc3c(N3CCN(c4ccccc4)CC3)c2c1. The third kappa shape index (κ3) is 3.34. The van der Waals surface area contributed by atoms with Crippen LogP contribution in [0.25, 0.3) is 21.8 Å². The zero-order chi connectivity index (χ0) is 19.8. The lowest BCUT2D eigenvalue weighted by molar-refractivity contribution is 0.415. The predicted molar refractivity (Wildman–Crippen MR) is 122 cm³/mol. The topological polar surface area (TPSA) is 28.6 Å². The molecule has 146 valence electrons. The first-order chi connectivity index (χ1) is 14.2. The van der Waals surface area contributed by atoms with Crippen LogP contribution in [0.4, 0.5) is 11.4 Å². The second-order valence-corrected chi connectivity index (χ2v) is 7.75. The molecule has 2 heterocycles. The average molecular weight is 404 g/mol. The number of para-hydroxylation sites is 1. The smallest absolute Gasteiger partial charge is 0.119 e. The van der Waals surface area contributed by atoms with Gasteiger partial charge in [-0.25, -0.2) is 4.98 Å². The Morgan fingerprint density at radius 2 is 1.55 bits per heavy atom. The zero-order valence-electron chi connectivity index (χ0n) is 16.3. The molecule has 0 amide bonds. The van der Waals surface area contributed by atoms with Crippen molar-refractivity contribution in [1.29, 1.82) is 0 Å². The molecule has 1 aliphatic rings. The minimum absolute atomic E-state index is 0.706. The number of rotatable bonds is 3. The number of pyridine rings is 1. The van der Waals surface area contributed by atoms with Gasteiger partial charge in [-0.1, -0.05) is 29.8 Å². The molecule has 1 aromatic heterocycles. The number of hydrogen-bond donors (Lipinski definition) is 0. The minimum Gasteiger partial charge on any atom is -0.497 e. The van der Waals surface area contributed by atoms with Gasteiger partial charge in [-0.15, -0.1) is 0 Å². The third-order valence-electron chi connectivity index (χ3n) is 5.63. The highest BCUT2D eigenvalue weighted by atomic mass is 35.5. The molecular formula is C24H22ClN3O. The maximum atomic E-state index is 6.26. The molecule has 4 nitrogen and oxygen atoms in total. The van der Waals surface area contributed by atoms with Crippen LogP contribution in [0.2, 0.25) is 5.02 Å². The van der Waals surface area contributed by atoms with E-state index in [1.807, 2.05) is 24.3 Å². The molecule has 0 unspecified atom stereocenters. The number of ether oxygens (including phenoxy) is 1. The lowest BCUT2D eigenvalue weighted by atomic mass is 10.1. The Bertz CT molecular complexity index is 1170. The lowest BCUT2D eigenvalue weighted by Gasteiger charge is -2.38. The van der Waals surface area contributed by atoms with E-state index in [2.05, 4.69) is 52.3 Å². The van der Waals surface area contributed by atoms with Crippen LogP contribution in [-0.2, 0) is 0 Å². The Balaban J connectivity index is 1.59. The highest BCUT2D eigenvalue weighted by molar-refractivity contribution is 6.31. The van der Waals surface area contributed by atoms with Crippen molar-refractivity contribution in [1.82, 2.24) is 4.98 Å². The molecule has 0 N–H and O–H groups in total. The van der Waals surface area contributed by atoms with Crippen LogP contribution in [0.15, 0.2) is 66.7 Å². The van der Waals surface area contributed by atoms with E-state index in [4.69, 9.17) is 21.3 Å². The summed E-state index contributed by atoms with van der Waals surface area (Å²) in [6, 6.07) is 22.7. The van der Waals surface area contributed by atoms with Gasteiger partial charge in [0.15, 0.2) is 0 Å². The van der Waals surface area contributed by atoms with Crippen LogP contribution in [-0.4, -0.2) is 38.3 Å². The zero-order valence-corrected chi connectivity index (χ0v) is 17.1. The molecular weight excluding hydrogens is 382 g/mol. The average Bonchev–Trinajstić information content (AvgIpc) is 2.78. The molecule has 1 saturated heterocycles. The van der Waals surface area contributed by atoms with Crippen LogP contribution in [0.5, 0.6) is 5.75 Å². The van der Waals surface area contributed by atoms with Crippen LogP contribution >= 0.6 is 11.6 Å². The Hall–Kier alpha value is -2.98. The van der Waals surface area contributed by atoms with Gasteiger partial charge in [0.2, 0.25) is 0 Å². The summed E-state index contributed by atoms with van der Waals surface area (Å²) in [5.41, 5.74) is 4.38. The predicted octanol–water partition coefficient (Wildman–Crippen LogP) is 5.38. The van der Waals surface area contributed by atoms with E-state index >= 15 is 0 Å². The highest BCUT2D eigenvalue weighted by Crippen LogP contribution is 2.37. The van der Waals surface area contributed by atoms with E-state index in [9.17, 15) is 0 Å². The number of benzene rings is 3. The van der Waals surface area contributed by atoms with Crippen molar-refractivity contribution in [2.45, 2.75) is 0 Å². The number of anilines is 2. The van der Waals surface area contributed by atoms with Crippen molar-refractivity contribution < 1.29 is 4.74 Å². The lowest BCUT2D eigenvalue weighted by Crippen LogP contribution is -2.46. The molecule has 1 aliphatic heterocycles.